The maximum atomic E-state index is 12.6. The van der Waals surface area contributed by atoms with Gasteiger partial charge in [0.1, 0.15) is 0 Å². The maximum Gasteiger partial charge on any atom is 0.340 e. The Balaban J connectivity index is 2.56. The normalized spacial score (nSPS) is 13.1. The number of nitrogens with zero attached hydrogens (tertiary/aromatic N) is 1. The van der Waals surface area contributed by atoms with Gasteiger partial charge < -0.3 is 15.2 Å². The van der Waals surface area contributed by atoms with Crippen LogP contribution in [-0.4, -0.2) is 47.6 Å². The average Bonchev–Trinajstić information content (AvgIpc) is 2.43. The van der Waals surface area contributed by atoms with Gasteiger partial charge in [0.05, 0.1) is 11.7 Å². The SMILES string of the molecule is CC(O)CNC(=O)c1ccc(OCC(F)(F)C(F)F)nc1. The molecule has 1 aromatic rings. The van der Waals surface area contributed by atoms with Crippen molar-refractivity contribution >= 4 is 5.91 Å². The number of rotatable bonds is 7. The second-order valence-electron chi connectivity index (χ2n) is 4.29. The van der Waals surface area contributed by atoms with Gasteiger partial charge >= 0.3 is 12.3 Å². The van der Waals surface area contributed by atoms with Crippen LogP contribution in [0.3, 0.4) is 0 Å². The number of halogens is 4. The van der Waals surface area contributed by atoms with Crippen molar-refractivity contribution < 1.29 is 32.2 Å². The Morgan fingerprint density at radius 3 is 2.62 bits per heavy atom. The van der Waals surface area contributed by atoms with Gasteiger partial charge in [0.15, 0.2) is 6.61 Å². The number of amides is 1. The molecule has 0 saturated carbocycles. The first-order valence-electron chi connectivity index (χ1n) is 5.93. The molecule has 0 aromatic carbocycles. The van der Waals surface area contributed by atoms with Crippen LogP contribution in [0.4, 0.5) is 17.6 Å². The summed E-state index contributed by atoms with van der Waals surface area (Å²) in [6, 6.07) is 2.35. The highest BCUT2D eigenvalue weighted by Gasteiger charge is 2.41. The van der Waals surface area contributed by atoms with E-state index in [1.54, 1.807) is 0 Å². The molecule has 1 heterocycles. The molecule has 1 atom stereocenters. The first-order chi connectivity index (χ1) is 9.72. The maximum absolute atomic E-state index is 12.6. The molecule has 9 heteroatoms. The van der Waals surface area contributed by atoms with Crippen LogP contribution in [0.15, 0.2) is 18.3 Å². The highest BCUT2D eigenvalue weighted by atomic mass is 19.3. The van der Waals surface area contributed by atoms with Crippen LogP contribution in [0, 0.1) is 0 Å². The zero-order valence-electron chi connectivity index (χ0n) is 11.0. The van der Waals surface area contributed by atoms with E-state index >= 15 is 0 Å². The number of alkyl halides is 4. The van der Waals surface area contributed by atoms with Crippen molar-refractivity contribution in [3.8, 4) is 5.88 Å². The molecule has 1 rings (SSSR count). The van der Waals surface area contributed by atoms with E-state index in [1.807, 2.05) is 0 Å². The van der Waals surface area contributed by atoms with E-state index in [0.717, 1.165) is 12.3 Å². The third kappa shape index (κ3) is 5.54. The standard InChI is InChI=1S/C12H14F4N2O3/c1-7(19)4-18-10(20)8-2-3-9(17-5-8)21-6-12(15,16)11(13)14/h2-3,5,7,11,19H,4,6H2,1H3,(H,18,20). The van der Waals surface area contributed by atoms with Gasteiger partial charge in [-0.3, -0.25) is 4.79 Å². The molecule has 0 radical (unpaired) electrons. The zero-order chi connectivity index (χ0) is 16.0. The van der Waals surface area contributed by atoms with E-state index in [1.165, 1.54) is 13.0 Å². The van der Waals surface area contributed by atoms with E-state index in [4.69, 9.17) is 5.11 Å². The Morgan fingerprint density at radius 1 is 1.48 bits per heavy atom. The third-order valence-corrected chi connectivity index (χ3v) is 2.29. The van der Waals surface area contributed by atoms with Crippen molar-refractivity contribution in [1.82, 2.24) is 10.3 Å². The lowest BCUT2D eigenvalue weighted by molar-refractivity contribution is -0.148. The molecule has 0 saturated heterocycles. The number of pyridine rings is 1. The Hall–Kier alpha value is -1.90. The van der Waals surface area contributed by atoms with Crippen LogP contribution < -0.4 is 10.1 Å². The third-order valence-electron chi connectivity index (χ3n) is 2.29. The fourth-order valence-electron chi connectivity index (χ4n) is 1.18. The number of ether oxygens (including phenoxy) is 1. The summed E-state index contributed by atoms with van der Waals surface area (Å²) in [5.74, 6) is -5.09. The quantitative estimate of drug-likeness (QED) is 0.748. The minimum Gasteiger partial charge on any atom is -0.471 e. The highest BCUT2D eigenvalue weighted by Crippen LogP contribution is 2.23. The summed E-state index contributed by atoms with van der Waals surface area (Å²) >= 11 is 0. The summed E-state index contributed by atoms with van der Waals surface area (Å²) in [6.07, 6.45) is -3.50. The fraction of sp³-hybridized carbons (Fsp3) is 0.500. The summed E-state index contributed by atoms with van der Waals surface area (Å²) in [5.41, 5.74) is 0.114. The monoisotopic (exact) mass is 310 g/mol. The molecule has 118 valence electrons. The number of hydrogen-bond acceptors (Lipinski definition) is 4. The predicted molar refractivity (Wildman–Crippen MR) is 64.7 cm³/mol. The summed E-state index contributed by atoms with van der Waals surface area (Å²) in [7, 11) is 0. The topological polar surface area (TPSA) is 71.5 Å². The van der Waals surface area contributed by atoms with Gasteiger partial charge in [0.25, 0.3) is 5.91 Å². The number of carbonyl (C=O) groups is 1. The highest BCUT2D eigenvalue weighted by molar-refractivity contribution is 5.93. The second kappa shape index (κ2) is 7.21. The van der Waals surface area contributed by atoms with Crippen molar-refractivity contribution in [2.45, 2.75) is 25.4 Å². The number of aromatic nitrogens is 1. The van der Waals surface area contributed by atoms with Gasteiger partial charge in [-0.05, 0) is 13.0 Å². The van der Waals surface area contributed by atoms with Crippen LogP contribution in [0.25, 0.3) is 0 Å². The number of carbonyl (C=O) groups excluding carboxylic acids is 1. The molecule has 1 amide bonds. The van der Waals surface area contributed by atoms with Crippen molar-refractivity contribution in [3.63, 3.8) is 0 Å². The van der Waals surface area contributed by atoms with E-state index in [9.17, 15) is 22.4 Å². The lowest BCUT2D eigenvalue weighted by Gasteiger charge is -2.15. The van der Waals surface area contributed by atoms with Crippen molar-refractivity contribution in [2.75, 3.05) is 13.2 Å². The molecule has 0 aliphatic rings. The second-order valence-corrected chi connectivity index (χ2v) is 4.29. The molecule has 0 aliphatic heterocycles. The summed E-state index contributed by atoms with van der Waals surface area (Å²) in [4.78, 5) is 15.1. The molecule has 0 fully saturated rings. The first kappa shape index (κ1) is 17.2. The van der Waals surface area contributed by atoms with E-state index in [2.05, 4.69) is 15.0 Å². The van der Waals surface area contributed by atoms with E-state index in [0.29, 0.717) is 0 Å². The van der Waals surface area contributed by atoms with Crippen LogP contribution in [-0.2, 0) is 0 Å². The molecule has 1 aromatic heterocycles. The Morgan fingerprint density at radius 2 is 2.14 bits per heavy atom. The largest absolute Gasteiger partial charge is 0.471 e. The van der Waals surface area contributed by atoms with Crippen LogP contribution in [0.5, 0.6) is 5.88 Å². The fourth-order valence-corrected chi connectivity index (χ4v) is 1.18. The van der Waals surface area contributed by atoms with Gasteiger partial charge in [-0.25, -0.2) is 13.8 Å². The minimum absolute atomic E-state index is 0.0394. The van der Waals surface area contributed by atoms with E-state index in [-0.39, 0.29) is 18.0 Å². The Kier molecular flexibility index (Phi) is 5.89. The molecule has 0 aliphatic carbocycles. The summed E-state index contributed by atoms with van der Waals surface area (Å²) < 4.78 is 53.5. The smallest absolute Gasteiger partial charge is 0.340 e. The summed E-state index contributed by atoms with van der Waals surface area (Å²) in [5, 5.41) is 11.4. The molecule has 21 heavy (non-hydrogen) atoms. The zero-order valence-corrected chi connectivity index (χ0v) is 11.0. The van der Waals surface area contributed by atoms with Crippen molar-refractivity contribution in [1.29, 1.82) is 0 Å². The van der Waals surface area contributed by atoms with Crippen LogP contribution >= 0.6 is 0 Å². The van der Waals surface area contributed by atoms with Gasteiger partial charge in [-0.2, -0.15) is 8.78 Å². The molecule has 1 unspecified atom stereocenters. The average molecular weight is 310 g/mol. The van der Waals surface area contributed by atoms with Crippen molar-refractivity contribution in [2.24, 2.45) is 0 Å². The predicted octanol–water partition coefficient (Wildman–Crippen LogP) is 1.47. The first-order valence-corrected chi connectivity index (χ1v) is 5.93. The van der Waals surface area contributed by atoms with Crippen LogP contribution in [0.2, 0.25) is 0 Å². The minimum atomic E-state index is -4.27. The number of aliphatic hydroxyl groups is 1. The molecule has 0 spiro atoms. The molecule has 2 N–H and O–H groups in total. The van der Waals surface area contributed by atoms with Gasteiger partial charge in [0.2, 0.25) is 5.88 Å². The molecular formula is C12H14F4N2O3. The Bertz CT molecular complexity index is 466. The van der Waals surface area contributed by atoms with Crippen molar-refractivity contribution in [3.05, 3.63) is 23.9 Å². The lowest BCUT2D eigenvalue weighted by Crippen LogP contribution is -2.34. The van der Waals surface area contributed by atoms with Gasteiger partial charge in [-0.1, -0.05) is 0 Å². The molecule has 5 nitrogen and oxygen atoms in total. The number of nitrogens with one attached hydrogen (secondary N) is 1. The van der Waals surface area contributed by atoms with Crippen LogP contribution in [0.1, 0.15) is 17.3 Å². The van der Waals surface area contributed by atoms with Gasteiger partial charge in [-0.15, -0.1) is 0 Å². The molecular weight excluding hydrogens is 296 g/mol. The summed E-state index contributed by atoms with van der Waals surface area (Å²) in [6.45, 7) is 0.0155. The molecule has 0 bridgehead atoms. The Labute approximate surface area is 117 Å². The van der Waals surface area contributed by atoms with Gasteiger partial charge in [0, 0.05) is 18.8 Å². The lowest BCUT2D eigenvalue weighted by atomic mass is 10.2. The number of aliphatic hydroxyl groups excluding tert-OH is 1. The number of hydrogen-bond donors (Lipinski definition) is 2. The van der Waals surface area contributed by atoms with E-state index < -0.39 is 31.0 Å².